The average molecular weight is 420 g/mol. The van der Waals surface area contributed by atoms with Crippen molar-refractivity contribution in [3.8, 4) is 5.69 Å². The standard InChI is InChI=1S/C20H20N4O5.Na.H/c1-23-10-7-16(25)18(19(23)28)22-20(29)21-15(12-17(26)27)13-5-4-6-14(11-13)24-8-2-3-9-24;;/h2-11,15,18H,12H2,1H3,(H,26,27)(H2,21,22,29);;/q;+1;-1. The van der Waals surface area contributed by atoms with Gasteiger partial charge in [-0.2, -0.15) is 0 Å². The van der Waals surface area contributed by atoms with Crippen LogP contribution in [0.3, 0.4) is 0 Å². The Morgan fingerprint density at radius 1 is 1.20 bits per heavy atom. The third-order valence-electron chi connectivity index (χ3n) is 4.48. The first-order chi connectivity index (χ1) is 13.8. The van der Waals surface area contributed by atoms with E-state index in [1.165, 1.54) is 24.2 Å². The number of likely N-dealkylation sites (N-methyl/N-ethyl adjacent to an activating group) is 1. The summed E-state index contributed by atoms with van der Waals surface area (Å²) in [6, 6.07) is 7.78. The van der Waals surface area contributed by atoms with Crippen molar-refractivity contribution in [1.29, 1.82) is 0 Å². The van der Waals surface area contributed by atoms with Gasteiger partial charge < -0.3 is 26.6 Å². The van der Waals surface area contributed by atoms with Gasteiger partial charge in [0.15, 0.2) is 11.8 Å². The zero-order valence-electron chi connectivity index (χ0n) is 17.6. The van der Waals surface area contributed by atoms with Crippen LogP contribution in [-0.2, 0) is 14.4 Å². The van der Waals surface area contributed by atoms with Gasteiger partial charge in [0.2, 0.25) is 0 Å². The molecule has 2 aromatic rings. The number of carbonyl (C=O) groups excluding carboxylic acids is 3. The molecule has 0 radical (unpaired) electrons. The van der Waals surface area contributed by atoms with Gasteiger partial charge in [-0.15, -0.1) is 0 Å². The summed E-state index contributed by atoms with van der Waals surface area (Å²) >= 11 is 0. The number of hydrogen-bond donors (Lipinski definition) is 3. The fourth-order valence-electron chi connectivity index (χ4n) is 2.98. The number of carboxylic acids is 1. The number of benzene rings is 1. The second-order valence-corrected chi connectivity index (χ2v) is 6.55. The molecule has 2 atom stereocenters. The summed E-state index contributed by atoms with van der Waals surface area (Å²) < 4.78 is 1.85. The molecule has 1 aliphatic heterocycles. The quantitative estimate of drug-likeness (QED) is 0.381. The first-order valence-corrected chi connectivity index (χ1v) is 8.86. The molecule has 1 aliphatic rings. The molecule has 30 heavy (non-hydrogen) atoms. The second-order valence-electron chi connectivity index (χ2n) is 6.55. The van der Waals surface area contributed by atoms with Crippen LogP contribution in [-0.4, -0.2) is 51.4 Å². The van der Waals surface area contributed by atoms with E-state index in [2.05, 4.69) is 10.6 Å². The number of rotatable bonds is 6. The predicted octanol–water partition coefficient (Wildman–Crippen LogP) is -1.67. The van der Waals surface area contributed by atoms with Crippen molar-refractivity contribution in [2.75, 3.05) is 7.05 Å². The van der Waals surface area contributed by atoms with Crippen molar-refractivity contribution in [2.24, 2.45) is 0 Å². The monoisotopic (exact) mass is 420 g/mol. The molecule has 2 unspecified atom stereocenters. The fraction of sp³-hybridized carbons (Fsp3) is 0.200. The van der Waals surface area contributed by atoms with Crippen molar-refractivity contribution in [1.82, 2.24) is 20.1 Å². The SMILES string of the molecule is CN1C=CC(=O)C(NC(=O)NC(CC(=O)O)c2cccc(-n3cccc3)c2)C1=O.[H-].[Na+]. The van der Waals surface area contributed by atoms with E-state index in [1.807, 2.05) is 35.2 Å². The summed E-state index contributed by atoms with van der Waals surface area (Å²) in [5, 5.41) is 14.1. The minimum atomic E-state index is -1.35. The molecule has 0 spiro atoms. The van der Waals surface area contributed by atoms with Gasteiger partial charge in [-0.3, -0.25) is 14.4 Å². The van der Waals surface area contributed by atoms with Crippen LogP contribution < -0.4 is 40.2 Å². The number of carboxylic acid groups (broad SMARTS) is 1. The van der Waals surface area contributed by atoms with Crippen LogP contribution >= 0.6 is 0 Å². The van der Waals surface area contributed by atoms with Crippen LogP contribution in [0, 0.1) is 0 Å². The molecule has 10 heteroatoms. The first kappa shape index (κ1) is 23.4. The number of urea groups is 1. The van der Waals surface area contributed by atoms with Crippen LogP contribution in [0.4, 0.5) is 4.79 Å². The van der Waals surface area contributed by atoms with Gasteiger partial charge in [0, 0.05) is 37.4 Å². The summed E-state index contributed by atoms with van der Waals surface area (Å²) in [4.78, 5) is 48.9. The van der Waals surface area contributed by atoms with Gasteiger partial charge in [0.05, 0.1) is 12.5 Å². The summed E-state index contributed by atoms with van der Waals surface area (Å²) in [6.45, 7) is 0. The normalized spacial score (nSPS) is 16.6. The maximum atomic E-state index is 12.4. The smallest absolute Gasteiger partial charge is 1.00 e. The van der Waals surface area contributed by atoms with E-state index >= 15 is 0 Å². The number of aromatic nitrogens is 1. The summed E-state index contributed by atoms with van der Waals surface area (Å²) in [6.07, 6.45) is 5.84. The third-order valence-corrected chi connectivity index (χ3v) is 4.48. The van der Waals surface area contributed by atoms with E-state index in [4.69, 9.17) is 0 Å². The molecule has 0 saturated carbocycles. The van der Waals surface area contributed by atoms with Gasteiger partial charge in [-0.05, 0) is 29.8 Å². The number of amides is 3. The van der Waals surface area contributed by atoms with E-state index in [1.54, 1.807) is 18.2 Å². The van der Waals surface area contributed by atoms with Gasteiger partial charge in [-0.25, -0.2) is 4.79 Å². The Balaban J connectivity index is 0.00000240. The van der Waals surface area contributed by atoms with E-state index < -0.39 is 35.8 Å². The minimum Gasteiger partial charge on any atom is -1.00 e. The van der Waals surface area contributed by atoms with Crippen LogP contribution in [0.25, 0.3) is 5.69 Å². The molecule has 0 fully saturated rings. The van der Waals surface area contributed by atoms with Crippen LogP contribution in [0.15, 0.2) is 61.1 Å². The van der Waals surface area contributed by atoms with Crippen molar-refractivity contribution < 1.29 is 55.3 Å². The Bertz CT molecular complexity index is 980. The summed E-state index contributed by atoms with van der Waals surface area (Å²) in [7, 11) is 1.47. The topological polar surface area (TPSA) is 121 Å². The minimum absolute atomic E-state index is 0. The van der Waals surface area contributed by atoms with Gasteiger partial charge >= 0.3 is 41.6 Å². The number of nitrogens with one attached hydrogen (secondary N) is 2. The molecule has 0 aliphatic carbocycles. The average Bonchev–Trinajstić information content (AvgIpc) is 3.22. The number of hydrogen-bond acceptors (Lipinski definition) is 4. The van der Waals surface area contributed by atoms with Gasteiger partial charge in [0.25, 0.3) is 5.91 Å². The molecule has 3 N–H and O–H groups in total. The Morgan fingerprint density at radius 3 is 2.57 bits per heavy atom. The number of carbonyl (C=O) groups is 4. The molecule has 0 saturated heterocycles. The van der Waals surface area contributed by atoms with Gasteiger partial charge in [-0.1, -0.05) is 12.1 Å². The maximum Gasteiger partial charge on any atom is 1.00 e. The Kier molecular flexibility index (Phi) is 7.99. The van der Waals surface area contributed by atoms with Crippen molar-refractivity contribution in [3.05, 3.63) is 66.6 Å². The van der Waals surface area contributed by atoms with Crippen LogP contribution in [0.5, 0.6) is 0 Å². The van der Waals surface area contributed by atoms with E-state index in [0.717, 1.165) is 5.69 Å². The number of aliphatic carboxylic acids is 1. The Labute approximate surface area is 196 Å². The molecule has 9 nitrogen and oxygen atoms in total. The largest absolute Gasteiger partial charge is 1.00 e. The molecule has 3 rings (SSSR count). The molecule has 1 aromatic carbocycles. The van der Waals surface area contributed by atoms with Crippen LogP contribution in [0.2, 0.25) is 0 Å². The Morgan fingerprint density at radius 2 is 1.90 bits per heavy atom. The number of ketones is 1. The number of nitrogens with zero attached hydrogens (tertiary/aromatic N) is 2. The molecule has 1 aromatic heterocycles. The second kappa shape index (κ2) is 10.2. The van der Waals surface area contributed by atoms with Gasteiger partial charge in [0.1, 0.15) is 0 Å². The molecule has 0 bridgehead atoms. The van der Waals surface area contributed by atoms with E-state index in [-0.39, 0.29) is 37.4 Å². The molecule has 3 amide bonds. The van der Waals surface area contributed by atoms with E-state index in [9.17, 15) is 24.3 Å². The summed E-state index contributed by atoms with van der Waals surface area (Å²) in [5.41, 5.74) is 1.38. The maximum absolute atomic E-state index is 12.4. The third kappa shape index (κ3) is 5.59. The molecule has 2 heterocycles. The predicted molar refractivity (Wildman–Crippen MR) is 104 cm³/mol. The molecule has 152 valence electrons. The van der Waals surface area contributed by atoms with Crippen molar-refractivity contribution in [2.45, 2.75) is 18.5 Å². The molecular weight excluding hydrogens is 399 g/mol. The van der Waals surface area contributed by atoms with Crippen molar-refractivity contribution in [3.63, 3.8) is 0 Å². The molecular formula is C20H21N4NaO5. The zero-order chi connectivity index (χ0) is 21.0. The van der Waals surface area contributed by atoms with Crippen LogP contribution in [0.1, 0.15) is 19.5 Å². The van der Waals surface area contributed by atoms with Crippen molar-refractivity contribution >= 4 is 23.7 Å². The summed E-state index contributed by atoms with van der Waals surface area (Å²) in [5.74, 6) is -2.22. The zero-order valence-corrected chi connectivity index (χ0v) is 18.6. The first-order valence-electron chi connectivity index (χ1n) is 8.86. The fourth-order valence-corrected chi connectivity index (χ4v) is 2.98. The van der Waals surface area contributed by atoms with E-state index in [0.29, 0.717) is 5.56 Å². The Hall–Kier alpha value is -2.88.